The summed E-state index contributed by atoms with van der Waals surface area (Å²) in [6.07, 6.45) is 2.59. The van der Waals surface area contributed by atoms with Crippen LogP contribution in [-0.2, 0) is 6.42 Å². The summed E-state index contributed by atoms with van der Waals surface area (Å²) >= 11 is 6.98. The predicted octanol–water partition coefficient (Wildman–Crippen LogP) is 3.74. The molecule has 4 heteroatoms. The van der Waals surface area contributed by atoms with E-state index in [9.17, 15) is 0 Å². The van der Waals surface area contributed by atoms with Gasteiger partial charge in [0.2, 0.25) is 0 Å². The van der Waals surface area contributed by atoms with Gasteiger partial charge < -0.3 is 4.98 Å². The Morgan fingerprint density at radius 2 is 2.33 bits per heavy atom. The molecule has 15 heavy (non-hydrogen) atoms. The molecule has 0 saturated carbocycles. The minimum atomic E-state index is 0.705. The number of aryl methyl sites for hydroxylation is 1. The molecule has 0 saturated heterocycles. The Balaban J connectivity index is 2.68. The highest BCUT2D eigenvalue weighted by Gasteiger charge is 2.09. The van der Waals surface area contributed by atoms with E-state index in [0.29, 0.717) is 4.64 Å². The van der Waals surface area contributed by atoms with Crippen molar-refractivity contribution in [2.75, 3.05) is 0 Å². The number of hydrogen-bond donors (Lipinski definition) is 1. The first kappa shape index (κ1) is 10.5. The maximum atomic E-state index is 5.23. The number of H-pyrrole nitrogens is 1. The molecular formula is C11H12N2S2. The topological polar surface area (TPSA) is 28.7 Å². The van der Waals surface area contributed by atoms with Crippen LogP contribution in [0.2, 0.25) is 0 Å². The quantitative estimate of drug-likeness (QED) is 0.805. The number of aromatic amines is 1. The van der Waals surface area contributed by atoms with Crippen molar-refractivity contribution < 1.29 is 0 Å². The molecule has 2 rings (SSSR count). The molecule has 2 nitrogen and oxygen atoms in total. The Hall–Kier alpha value is -1.00. The Labute approximate surface area is 98.0 Å². The van der Waals surface area contributed by atoms with E-state index >= 15 is 0 Å². The fourth-order valence-electron chi connectivity index (χ4n) is 1.64. The van der Waals surface area contributed by atoms with Gasteiger partial charge in [0.25, 0.3) is 0 Å². The summed E-state index contributed by atoms with van der Waals surface area (Å²) in [6, 6.07) is 2.12. The smallest absolute Gasteiger partial charge is 0.133 e. The maximum Gasteiger partial charge on any atom is 0.133 e. The molecule has 0 aromatic carbocycles. The van der Waals surface area contributed by atoms with Gasteiger partial charge in [0.05, 0.1) is 12.0 Å². The zero-order valence-corrected chi connectivity index (χ0v) is 10.3. The van der Waals surface area contributed by atoms with Gasteiger partial charge in [0.1, 0.15) is 4.64 Å². The van der Waals surface area contributed by atoms with Gasteiger partial charge in [0, 0.05) is 16.0 Å². The van der Waals surface area contributed by atoms with Crippen LogP contribution in [0.1, 0.15) is 17.4 Å². The molecule has 0 aliphatic carbocycles. The van der Waals surface area contributed by atoms with E-state index in [2.05, 4.69) is 35.3 Å². The molecule has 0 fully saturated rings. The van der Waals surface area contributed by atoms with E-state index in [-0.39, 0.29) is 0 Å². The molecule has 0 aliphatic heterocycles. The second-order valence-corrected chi connectivity index (χ2v) is 4.81. The molecule has 0 amide bonds. The largest absolute Gasteiger partial charge is 0.345 e. The molecule has 78 valence electrons. The third-order valence-electron chi connectivity index (χ3n) is 2.43. The lowest BCUT2D eigenvalue weighted by Gasteiger charge is -2.06. The van der Waals surface area contributed by atoms with E-state index in [1.165, 1.54) is 10.4 Å². The summed E-state index contributed by atoms with van der Waals surface area (Å²) in [6.45, 7) is 4.22. The fraction of sp³-hybridized carbons (Fsp3) is 0.273. The number of nitrogens with one attached hydrogen (secondary N) is 1. The molecule has 0 atom stereocenters. The van der Waals surface area contributed by atoms with Gasteiger partial charge in [-0.25, -0.2) is 4.98 Å². The highest BCUT2D eigenvalue weighted by molar-refractivity contribution is 7.71. The predicted molar refractivity (Wildman–Crippen MR) is 66.8 cm³/mol. The highest BCUT2D eigenvalue weighted by Crippen LogP contribution is 2.28. The molecule has 2 heterocycles. The van der Waals surface area contributed by atoms with Crippen molar-refractivity contribution in [3.05, 3.63) is 32.9 Å². The Morgan fingerprint density at radius 3 is 2.93 bits per heavy atom. The van der Waals surface area contributed by atoms with Crippen molar-refractivity contribution in [1.82, 2.24) is 9.97 Å². The third kappa shape index (κ3) is 1.87. The number of hydrogen-bond acceptors (Lipinski definition) is 3. The number of aromatic nitrogens is 2. The molecule has 0 spiro atoms. The van der Waals surface area contributed by atoms with Crippen molar-refractivity contribution in [3.8, 4) is 11.3 Å². The SMILES string of the molecule is CCc1c(-c2ccsc2C)[nH]cnc1=S. The Morgan fingerprint density at radius 1 is 1.53 bits per heavy atom. The molecule has 0 aliphatic rings. The first-order valence-electron chi connectivity index (χ1n) is 4.85. The molecule has 0 radical (unpaired) electrons. The second kappa shape index (κ2) is 4.24. The lowest BCUT2D eigenvalue weighted by molar-refractivity contribution is 1.04. The van der Waals surface area contributed by atoms with Crippen LogP contribution in [0, 0.1) is 11.6 Å². The first-order valence-corrected chi connectivity index (χ1v) is 6.14. The fourth-order valence-corrected chi connectivity index (χ4v) is 2.64. The van der Waals surface area contributed by atoms with E-state index in [0.717, 1.165) is 17.7 Å². The molecule has 1 N–H and O–H groups in total. The molecular weight excluding hydrogens is 224 g/mol. The third-order valence-corrected chi connectivity index (χ3v) is 3.63. The zero-order valence-electron chi connectivity index (χ0n) is 8.70. The minimum Gasteiger partial charge on any atom is -0.345 e. The number of thiophene rings is 1. The maximum absolute atomic E-state index is 5.23. The molecule has 0 bridgehead atoms. The van der Waals surface area contributed by atoms with Crippen LogP contribution < -0.4 is 0 Å². The van der Waals surface area contributed by atoms with Gasteiger partial charge in [0.15, 0.2) is 0 Å². The summed E-state index contributed by atoms with van der Waals surface area (Å²) < 4.78 is 0.705. The number of rotatable bonds is 2. The summed E-state index contributed by atoms with van der Waals surface area (Å²) in [4.78, 5) is 8.62. The summed E-state index contributed by atoms with van der Waals surface area (Å²) in [5.74, 6) is 0. The van der Waals surface area contributed by atoms with Crippen molar-refractivity contribution in [1.29, 1.82) is 0 Å². The van der Waals surface area contributed by atoms with Crippen molar-refractivity contribution >= 4 is 23.6 Å². The lowest BCUT2D eigenvalue weighted by Crippen LogP contribution is -1.95. The molecule has 0 unspecified atom stereocenters. The monoisotopic (exact) mass is 236 g/mol. The van der Waals surface area contributed by atoms with Crippen LogP contribution in [-0.4, -0.2) is 9.97 Å². The highest BCUT2D eigenvalue weighted by atomic mass is 32.1. The van der Waals surface area contributed by atoms with Crippen molar-refractivity contribution in [2.45, 2.75) is 20.3 Å². The number of nitrogens with zero attached hydrogens (tertiary/aromatic N) is 1. The van der Waals surface area contributed by atoms with Crippen LogP contribution in [0.5, 0.6) is 0 Å². The zero-order chi connectivity index (χ0) is 10.8. The summed E-state index contributed by atoms with van der Waals surface area (Å²) in [7, 11) is 0. The van der Waals surface area contributed by atoms with Gasteiger partial charge >= 0.3 is 0 Å². The van der Waals surface area contributed by atoms with E-state index < -0.39 is 0 Å². The van der Waals surface area contributed by atoms with Gasteiger partial charge in [-0.15, -0.1) is 11.3 Å². The van der Waals surface area contributed by atoms with E-state index in [1.807, 2.05) is 0 Å². The average molecular weight is 236 g/mol. The van der Waals surface area contributed by atoms with Crippen LogP contribution in [0.4, 0.5) is 0 Å². The summed E-state index contributed by atoms with van der Waals surface area (Å²) in [5, 5.41) is 2.10. The van der Waals surface area contributed by atoms with Gasteiger partial charge in [-0.05, 0) is 24.8 Å². The summed E-state index contributed by atoms with van der Waals surface area (Å²) in [5.41, 5.74) is 3.50. The standard InChI is InChI=1S/C11H12N2S2/c1-3-8-10(12-6-13-11(8)14)9-4-5-15-7(9)2/h4-6H,3H2,1-2H3,(H,12,13,14). The second-order valence-electron chi connectivity index (χ2n) is 3.31. The minimum absolute atomic E-state index is 0.705. The van der Waals surface area contributed by atoms with Crippen LogP contribution >= 0.6 is 23.6 Å². The molecule has 2 aromatic heterocycles. The Kier molecular flexibility index (Phi) is 2.98. The first-order chi connectivity index (χ1) is 7.24. The van der Waals surface area contributed by atoms with Crippen LogP contribution in [0.15, 0.2) is 17.8 Å². The van der Waals surface area contributed by atoms with Crippen LogP contribution in [0.25, 0.3) is 11.3 Å². The van der Waals surface area contributed by atoms with Crippen LogP contribution in [0.3, 0.4) is 0 Å². The van der Waals surface area contributed by atoms with E-state index in [4.69, 9.17) is 12.2 Å². The van der Waals surface area contributed by atoms with Gasteiger partial charge in [-0.2, -0.15) is 0 Å². The normalized spacial score (nSPS) is 10.5. The van der Waals surface area contributed by atoms with Crippen molar-refractivity contribution in [3.63, 3.8) is 0 Å². The van der Waals surface area contributed by atoms with Crippen molar-refractivity contribution in [2.24, 2.45) is 0 Å². The Bertz CT molecular complexity index is 525. The van der Waals surface area contributed by atoms with E-state index in [1.54, 1.807) is 17.7 Å². The average Bonchev–Trinajstić information content (AvgIpc) is 2.64. The molecule has 2 aromatic rings. The van der Waals surface area contributed by atoms with Gasteiger partial charge in [-0.1, -0.05) is 19.1 Å². The van der Waals surface area contributed by atoms with Gasteiger partial charge in [-0.3, -0.25) is 0 Å². The lowest BCUT2D eigenvalue weighted by atomic mass is 10.1.